The van der Waals surface area contributed by atoms with E-state index in [-0.39, 0.29) is 5.91 Å². The molecule has 1 amide bonds. The Hall–Kier alpha value is -1.58. The smallest absolute Gasteiger partial charge is 0.254 e. The maximum absolute atomic E-state index is 12.4. The van der Waals surface area contributed by atoms with E-state index < -0.39 is 0 Å². The van der Waals surface area contributed by atoms with E-state index in [1.165, 1.54) is 25.7 Å². The molecule has 0 saturated heterocycles. The highest BCUT2D eigenvalue weighted by molar-refractivity contribution is 5.99. The molecule has 0 spiro atoms. The minimum Gasteiger partial charge on any atom is -0.384 e. The van der Waals surface area contributed by atoms with Crippen LogP contribution in [-0.4, -0.2) is 24.0 Å². The molecule has 1 saturated carbocycles. The van der Waals surface area contributed by atoms with Gasteiger partial charge in [-0.25, -0.2) is 0 Å². The Bertz CT molecular complexity index is 461. The largest absolute Gasteiger partial charge is 0.384 e. The highest BCUT2D eigenvalue weighted by Crippen LogP contribution is 2.29. The van der Waals surface area contributed by atoms with Gasteiger partial charge < -0.3 is 10.6 Å². The molecule has 1 aromatic rings. The molecule has 2 unspecified atom stereocenters. The first-order valence-electron chi connectivity index (χ1n) is 8.18. The predicted octanol–water partition coefficient (Wildman–Crippen LogP) is 3.46. The molecule has 4 nitrogen and oxygen atoms in total. The van der Waals surface area contributed by atoms with Gasteiger partial charge in [0.25, 0.3) is 5.91 Å². The van der Waals surface area contributed by atoms with Crippen LogP contribution in [0.2, 0.25) is 0 Å². The Morgan fingerprint density at radius 3 is 2.95 bits per heavy atom. The predicted molar refractivity (Wildman–Crippen MR) is 86.5 cm³/mol. The molecule has 2 N–H and O–H groups in total. The number of anilines is 1. The fourth-order valence-electron chi connectivity index (χ4n) is 3.00. The van der Waals surface area contributed by atoms with Crippen LogP contribution in [0.3, 0.4) is 0 Å². The summed E-state index contributed by atoms with van der Waals surface area (Å²) >= 11 is 0. The van der Waals surface area contributed by atoms with Crippen molar-refractivity contribution in [3.8, 4) is 0 Å². The number of rotatable bonds is 6. The Balaban J connectivity index is 1.93. The molecule has 116 valence electrons. The van der Waals surface area contributed by atoms with Crippen LogP contribution in [0.5, 0.6) is 0 Å². The van der Waals surface area contributed by atoms with Crippen LogP contribution in [0.25, 0.3) is 0 Å². The molecule has 4 heteroatoms. The average Bonchev–Trinajstić information content (AvgIpc) is 2.52. The average molecular weight is 289 g/mol. The second-order valence-electron chi connectivity index (χ2n) is 6.08. The molecule has 0 radical (unpaired) electrons. The van der Waals surface area contributed by atoms with Gasteiger partial charge >= 0.3 is 0 Å². The van der Waals surface area contributed by atoms with Gasteiger partial charge in [0.1, 0.15) is 0 Å². The Morgan fingerprint density at radius 2 is 2.19 bits per heavy atom. The lowest BCUT2D eigenvalue weighted by Gasteiger charge is -2.28. The van der Waals surface area contributed by atoms with Crippen molar-refractivity contribution in [2.45, 2.75) is 46.0 Å². The first-order chi connectivity index (χ1) is 10.2. The Morgan fingerprint density at radius 1 is 1.38 bits per heavy atom. The van der Waals surface area contributed by atoms with Gasteiger partial charge in [-0.15, -0.1) is 0 Å². The van der Waals surface area contributed by atoms with Gasteiger partial charge in [0.15, 0.2) is 0 Å². The lowest BCUT2D eigenvalue weighted by Crippen LogP contribution is -2.33. The van der Waals surface area contributed by atoms with Gasteiger partial charge in [-0.05, 0) is 30.7 Å². The Kier molecular flexibility index (Phi) is 6.03. The first-order valence-corrected chi connectivity index (χ1v) is 8.18. The fourth-order valence-corrected chi connectivity index (χ4v) is 3.00. The van der Waals surface area contributed by atoms with Crippen molar-refractivity contribution in [1.29, 1.82) is 0 Å². The molecule has 21 heavy (non-hydrogen) atoms. The van der Waals surface area contributed by atoms with E-state index in [2.05, 4.69) is 29.5 Å². The van der Waals surface area contributed by atoms with Crippen molar-refractivity contribution in [2.24, 2.45) is 11.8 Å². The van der Waals surface area contributed by atoms with Crippen LogP contribution < -0.4 is 10.6 Å². The normalized spacial score (nSPS) is 21.8. The number of carbonyl (C=O) groups excluding carboxylic acids is 1. The molecule has 0 aliphatic heterocycles. The Labute approximate surface area is 127 Å². The molecule has 0 aromatic carbocycles. The molecule has 2 rings (SSSR count). The van der Waals surface area contributed by atoms with Crippen molar-refractivity contribution in [3.63, 3.8) is 0 Å². The van der Waals surface area contributed by atoms with Gasteiger partial charge in [0.2, 0.25) is 0 Å². The monoisotopic (exact) mass is 289 g/mol. The van der Waals surface area contributed by atoms with Gasteiger partial charge in [-0.1, -0.05) is 33.1 Å². The maximum atomic E-state index is 12.4. The number of amides is 1. The zero-order valence-corrected chi connectivity index (χ0v) is 13.2. The van der Waals surface area contributed by atoms with Crippen LogP contribution in [-0.2, 0) is 0 Å². The summed E-state index contributed by atoms with van der Waals surface area (Å²) in [4.78, 5) is 16.5. The molecule has 0 bridgehead atoms. The minimum absolute atomic E-state index is 0.0144. The second-order valence-corrected chi connectivity index (χ2v) is 6.08. The molecule has 1 aromatic heterocycles. The third-order valence-corrected chi connectivity index (χ3v) is 4.45. The zero-order chi connectivity index (χ0) is 15.1. The van der Waals surface area contributed by atoms with E-state index in [0.717, 1.165) is 25.2 Å². The van der Waals surface area contributed by atoms with Gasteiger partial charge in [-0.3, -0.25) is 9.78 Å². The summed E-state index contributed by atoms with van der Waals surface area (Å²) < 4.78 is 0. The van der Waals surface area contributed by atoms with Crippen LogP contribution >= 0.6 is 0 Å². The van der Waals surface area contributed by atoms with E-state index >= 15 is 0 Å². The molecule has 1 fully saturated rings. The summed E-state index contributed by atoms with van der Waals surface area (Å²) in [6.07, 6.45) is 9.55. The topological polar surface area (TPSA) is 54.0 Å². The lowest BCUT2D eigenvalue weighted by atomic mass is 9.80. The van der Waals surface area contributed by atoms with Gasteiger partial charge in [-0.2, -0.15) is 0 Å². The fraction of sp³-hybridized carbons (Fsp3) is 0.647. The summed E-state index contributed by atoms with van der Waals surface area (Å²) in [6, 6.07) is 1.87. The maximum Gasteiger partial charge on any atom is 0.254 e. The summed E-state index contributed by atoms with van der Waals surface area (Å²) in [5, 5.41) is 6.39. The molecule has 2 atom stereocenters. The molecule has 1 heterocycles. The third kappa shape index (κ3) is 4.45. The molecule has 1 aliphatic rings. The van der Waals surface area contributed by atoms with E-state index in [1.807, 2.05) is 6.07 Å². The summed E-state index contributed by atoms with van der Waals surface area (Å²) in [6.45, 7) is 6.05. The number of aromatic nitrogens is 1. The zero-order valence-electron chi connectivity index (χ0n) is 13.2. The minimum atomic E-state index is -0.0144. The van der Waals surface area contributed by atoms with E-state index in [1.54, 1.807) is 12.4 Å². The number of carbonyl (C=O) groups is 1. The molecular weight excluding hydrogens is 262 g/mol. The third-order valence-electron chi connectivity index (χ3n) is 4.45. The van der Waals surface area contributed by atoms with Gasteiger partial charge in [0, 0.05) is 25.5 Å². The summed E-state index contributed by atoms with van der Waals surface area (Å²) in [7, 11) is 0. The van der Waals surface area contributed by atoms with Crippen molar-refractivity contribution in [3.05, 3.63) is 24.0 Å². The van der Waals surface area contributed by atoms with E-state index in [9.17, 15) is 4.79 Å². The SMILES string of the molecule is CCCNc1ccncc1C(=O)NCC1CCCCC1C. The van der Waals surface area contributed by atoms with E-state index in [4.69, 9.17) is 0 Å². The number of hydrogen-bond acceptors (Lipinski definition) is 3. The van der Waals surface area contributed by atoms with Gasteiger partial charge in [0.05, 0.1) is 11.3 Å². The van der Waals surface area contributed by atoms with Crippen molar-refractivity contribution in [1.82, 2.24) is 10.3 Å². The van der Waals surface area contributed by atoms with Crippen molar-refractivity contribution >= 4 is 11.6 Å². The van der Waals surface area contributed by atoms with Crippen molar-refractivity contribution in [2.75, 3.05) is 18.4 Å². The quantitative estimate of drug-likeness (QED) is 0.843. The highest BCUT2D eigenvalue weighted by atomic mass is 16.1. The van der Waals surface area contributed by atoms with Crippen LogP contribution in [0, 0.1) is 11.8 Å². The number of pyridine rings is 1. The number of nitrogens with one attached hydrogen (secondary N) is 2. The number of hydrogen-bond donors (Lipinski definition) is 2. The molecule has 1 aliphatic carbocycles. The first kappa shape index (κ1) is 15.8. The van der Waals surface area contributed by atoms with Crippen LogP contribution in [0.4, 0.5) is 5.69 Å². The molecular formula is C17H27N3O. The van der Waals surface area contributed by atoms with E-state index in [0.29, 0.717) is 17.4 Å². The standard InChI is InChI=1S/C17H27N3O/c1-3-9-19-16-8-10-18-12-15(16)17(21)20-11-14-7-5-4-6-13(14)2/h8,10,12-14H,3-7,9,11H2,1-2H3,(H,18,19)(H,20,21). The highest BCUT2D eigenvalue weighted by Gasteiger charge is 2.22. The summed E-state index contributed by atoms with van der Waals surface area (Å²) in [5.74, 6) is 1.32. The second kappa shape index (κ2) is 8.01. The summed E-state index contributed by atoms with van der Waals surface area (Å²) in [5.41, 5.74) is 1.52. The lowest BCUT2D eigenvalue weighted by molar-refractivity contribution is 0.0937. The number of nitrogens with zero attached hydrogens (tertiary/aromatic N) is 1. The van der Waals surface area contributed by atoms with Crippen molar-refractivity contribution < 1.29 is 4.79 Å². The van der Waals surface area contributed by atoms with Crippen LogP contribution in [0.1, 0.15) is 56.3 Å². The van der Waals surface area contributed by atoms with Crippen LogP contribution in [0.15, 0.2) is 18.5 Å².